The number of methoxy groups -OCH3 is 1. The van der Waals surface area contributed by atoms with Crippen molar-refractivity contribution in [1.82, 2.24) is 19.4 Å². The van der Waals surface area contributed by atoms with E-state index in [1.54, 1.807) is 42.5 Å². The average Bonchev–Trinajstić information content (AvgIpc) is 3.14. The molecule has 7 heteroatoms. The normalized spacial score (nSPS) is 17.8. The number of imidazole rings is 1. The van der Waals surface area contributed by atoms with Crippen LogP contribution in [0.2, 0.25) is 0 Å². The lowest BCUT2D eigenvalue weighted by atomic mass is 10.2. The summed E-state index contributed by atoms with van der Waals surface area (Å²) in [5, 5.41) is 0. The predicted octanol–water partition coefficient (Wildman–Crippen LogP) is 1.13. The molecule has 1 fully saturated rings. The van der Waals surface area contributed by atoms with Gasteiger partial charge in [0.25, 0.3) is 0 Å². The molecule has 1 amide bonds. The molecule has 1 unspecified atom stereocenters. The summed E-state index contributed by atoms with van der Waals surface area (Å²) in [6, 6.07) is 4.79. The molecule has 114 valence electrons. The van der Waals surface area contributed by atoms with Crippen molar-refractivity contribution < 1.29 is 14.3 Å². The van der Waals surface area contributed by atoms with Crippen molar-refractivity contribution in [2.24, 2.45) is 0 Å². The monoisotopic (exact) mass is 300 g/mol. The summed E-state index contributed by atoms with van der Waals surface area (Å²) in [6.45, 7) is 0.719. The van der Waals surface area contributed by atoms with Crippen LogP contribution in [0.5, 0.6) is 0 Å². The van der Waals surface area contributed by atoms with E-state index in [1.807, 2.05) is 4.57 Å². The lowest BCUT2D eigenvalue weighted by molar-refractivity contribution is -0.129. The summed E-state index contributed by atoms with van der Waals surface area (Å²) >= 11 is 0. The van der Waals surface area contributed by atoms with Crippen LogP contribution in [-0.2, 0) is 9.53 Å². The number of carbonyl (C=O) groups excluding carboxylic acids is 2. The van der Waals surface area contributed by atoms with Crippen LogP contribution in [0.4, 0.5) is 0 Å². The smallest absolute Gasteiger partial charge is 0.356 e. The molecular weight excluding hydrogens is 284 g/mol. The third kappa shape index (κ3) is 2.34. The minimum atomic E-state index is -0.503. The number of nitrogens with zero attached hydrogens (tertiary/aromatic N) is 4. The van der Waals surface area contributed by atoms with E-state index in [2.05, 4.69) is 14.7 Å². The Morgan fingerprint density at radius 2 is 2.23 bits per heavy atom. The molecule has 0 radical (unpaired) electrons. The van der Waals surface area contributed by atoms with Gasteiger partial charge >= 0.3 is 5.97 Å². The van der Waals surface area contributed by atoms with Crippen molar-refractivity contribution in [3.8, 4) is 11.5 Å². The zero-order valence-corrected chi connectivity index (χ0v) is 12.4. The van der Waals surface area contributed by atoms with Gasteiger partial charge in [-0.05, 0) is 18.6 Å². The molecule has 2 aromatic rings. The van der Waals surface area contributed by atoms with Gasteiger partial charge in [0, 0.05) is 26.0 Å². The van der Waals surface area contributed by atoms with Crippen molar-refractivity contribution in [2.75, 3.05) is 20.7 Å². The van der Waals surface area contributed by atoms with Gasteiger partial charge in [0.1, 0.15) is 17.4 Å². The number of hydrogen-bond acceptors (Lipinski definition) is 5. The maximum atomic E-state index is 12.2. The summed E-state index contributed by atoms with van der Waals surface area (Å²) in [5.41, 5.74) is 0.750. The van der Waals surface area contributed by atoms with Gasteiger partial charge in [-0.3, -0.25) is 4.79 Å². The second-order valence-electron chi connectivity index (χ2n) is 5.12. The molecule has 3 rings (SSSR count). The Morgan fingerprint density at radius 3 is 2.91 bits per heavy atom. The van der Waals surface area contributed by atoms with Gasteiger partial charge in [0.05, 0.1) is 7.11 Å². The average molecular weight is 300 g/mol. The van der Waals surface area contributed by atoms with Gasteiger partial charge in [-0.1, -0.05) is 6.07 Å². The molecular formula is C15H16N4O3. The van der Waals surface area contributed by atoms with Crippen molar-refractivity contribution in [1.29, 1.82) is 0 Å². The van der Waals surface area contributed by atoms with Crippen LogP contribution in [0.25, 0.3) is 11.5 Å². The molecule has 1 atom stereocenters. The standard InChI is InChI=1S/C15H16N4O3/c1-18-8-6-12(14(18)20)19-9-7-16-13(19)10-4-3-5-11(17-10)15(21)22-2/h3-5,7,9,12H,6,8H2,1-2H3. The number of hydrogen-bond donors (Lipinski definition) is 0. The fraction of sp³-hybridized carbons (Fsp3) is 0.333. The Bertz CT molecular complexity index is 725. The number of carbonyl (C=O) groups is 2. The van der Waals surface area contributed by atoms with Crippen LogP contribution >= 0.6 is 0 Å². The fourth-order valence-electron chi connectivity index (χ4n) is 2.60. The van der Waals surface area contributed by atoms with Crippen LogP contribution in [0.3, 0.4) is 0 Å². The Balaban J connectivity index is 1.99. The molecule has 3 heterocycles. The van der Waals surface area contributed by atoms with E-state index in [-0.39, 0.29) is 17.6 Å². The van der Waals surface area contributed by atoms with Gasteiger partial charge in [-0.25, -0.2) is 14.8 Å². The second-order valence-corrected chi connectivity index (χ2v) is 5.12. The molecule has 1 saturated heterocycles. The molecule has 2 aromatic heterocycles. The van der Waals surface area contributed by atoms with E-state index < -0.39 is 5.97 Å². The van der Waals surface area contributed by atoms with Gasteiger partial charge in [-0.2, -0.15) is 0 Å². The third-order valence-electron chi connectivity index (χ3n) is 3.78. The van der Waals surface area contributed by atoms with Crippen LogP contribution in [0.1, 0.15) is 23.0 Å². The fourth-order valence-corrected chi connectivity index (χ4v) is 2.60. The topological polar surface area (TPSA) is 77.3 Å². The summed E-state index contributed by atoms with van der Waals surface area (Å²) in [4.78, 5) is 34.1. The molecule has 1 aliphatic rings. The number of likely N-dealkylation sites (tertiary alicyclic amines) is 1. The Labute approximate surface area is 127 Å². The Kier molecular flexibility index (Phi) is 3.62. The van der Waals surface area contributed by atoms with Gasteiger partial charge in [0.2, 0.25) is 5.91 Å². The number of esters is 1. The summed E-state index contributed by atoms with van der Waals surface area (Å²) in [5.74, 6) is 0.124. The molecule has 0 spiro atoms. The van der Waals surface area contributed by atoms with Gasteiger partial charge in [-0.15, -0.1) is 0 Å². The Hall–Kier alpha value is -2.70. The maximum Gasteiger partial charge on any atom is 0.356 e. The van der Waals surface area contributed by atoms with E-state index in [1.165, 1.54) is 7.11 Å². The van der Waals surface area contributed by atoms with E-state index >= 15 is 0 Å². The number of amides is 1. The molecule has 1 aliphatic heterocycles. The molecule has 22 heavy (non-hydrogen) atoms. The van der Waals surface area contributed by atoms with E-state index in [0.29, 0.717) is 11.5 Å². The second kappa shape index (κ2) is 5.59. The molecule has 0 saturated carbocycles. The minimum absolute atomic E-state index is 0.0587. The van der Waals surface area contributed by atoms with E-state index in [9.17, 15) is 9.59 Å². The van der Waals surface area contributed by atoms with Crippen LogP contribution in [-0.4, -0.2) is 52.0 Å². The zero-order valence-electron chi connectivity index (χ0n) is 12.4. The highest BCUT2D eigenvalue weighted by molar-refractivity contribution is 5.87. The number of rotatable bonds is 3. The molecule has 0 aliphatic carbocycles. The van der Waals surface area contributed by atoms with E-state index in [0.717, 1.165) is 13.0 Å². The highest BCUT2D eigenvalue weighted by atomic mass is 16.5. The SMILES string of the molecule is COC(=O)c1cccc(-c2nccn2C2CCN(C)C2=O)n1. The first-order valence-corrected chi connectivity index (χ1v) is 6.95. The van der Waals surface area contributed by atoms with Gasteiger partial charge < -0.3 is 14.2 Å². The molecule has 0 N–H and O–H groups in total. The molecule has 0 bridgehead atoms. The highest BCUT2D eigenvalue weighted by Crippen LogP contribution is 2.27. The quantitative estimate of drug-likeness (QED) is 0.794. The lowest BCUT2D eigenvalue weighted by Gasteiger charge is -2.14. The van der Waals surface area contributed by atoms with E-state index in [4.69, 9.17) is 0 Å². The zero-order chi connectivity index (χ0) is 15.7. The van der Waals surface area contributed by atoms with Crippen molar-refractivity contribution in [2.45, 2.75) is 12.5 Å². The molecule has 7 nitrogen and oxygen atoms in total. The summed E-state index contributed by atoms with van der Waals surface area (Å²) in [7, 11) is 3.10. The maximum absolute atomic E-state index is 12.2. The minimum Gasteiger partial charge on any atom is -0.464 e. The first kappa shape index (κ1) is 14.2. The number of likely N-dealkylation sites (N-methyl/N-ethyl adjacent to an activating group) is 1. The van der Waals surface area contributed by atoms with Gasteiger partial charge in [0.15, 0.2) is 5.82 Å². The number of aromatic nitrogens is 3. The number of pyridine rings is 1. The third-order valence-corrected chi connectivity index (χ3v) is 3.78. The van der Waals surface area contributed by atoms with Crippen molar-refractivity contribution in [3.05, 3.63) is 36.3 Å². The lowest BCUT2D eigenvalue weighted by Crippen LogP contribution is -2.24. The number of ether oxygens (including phenoxy) is 1. The Morgan fingerprint density at radius 1 is 1.41 bits per heavy atom. The first-order valence-electron chi connectivity index (χ1n) is 6.95. The highest BCUT2D eigenvalue weighted by Gasteiger charge is 2.32. The first-order chi connectivity index (χ1) is 10.6. The van der Waals surface area contributed by atoms with Crippen molar-refractivity contribution in [3.63, 3.8) is 0 Å². The predicted molar refractivity (Wildman–Crippen MR) is 78.1 cm³/mol. The summed E-state index contributed by atoms with van der Waals surface area (Å²) < 4.78 is 6.50. The largest absolute Gasteiger partial charge is 0.464 e. The molecule has 0 aromatic carbocycles. The van der Waals surface area contributed by atoms with Crippen LogP contribution in [0.15, 0.2) is 30.6 Å². The van der Waals surface area contributed by atoms with Crippen LogP contribution in [0, 0.1) is 0 Å². The van der Waals surface area contributed by atoms with Crippen LogP contribution < -0.4 is 0 Å². The van der Waals surface area contributed by atoms with Crippen molar-refractivity contribution >= 4 is 11.9 Å². The summed E-state index contributed by atoms with van der Waals surface area (Å²) in [6.07, 6.45) is 4.13.